The standard InChI is InChI=1S/C25H29N3O4S/c1-18(10-11-19-8-4-2-5-9-19)26-25(30)22-17-24(29)27-23-13-12-20(16-21(22)23)33(31,32)28-14-6-3-7-15-28/h2,4-5,8-9,12-13,16-18H,3,6-7,10-11,14-15H2,1H3,(H,26,30)(H,27,29)/t18-/m1/s1. The van der Waals surface area contributed by atoms with E-state index in [1.165, 1.54) is 28.1 Å². The highest BCUT2D eigenvalue weighted by Gasteiger charge is 2.27. The Bertz CT molecular complexity index is 1300. The zero-order chi connectivity index (χ0) is 23.4. The maximum absolute atomic E-state index is 13.1. The molecule has 4 rings (SSSR count). The molecule has 0 spiro atoms. The number of nitrogens with one attached hydrogen (secondary N) is 2. The van der Waals surface area contributed by atoms with Gasteiger partial charge in [0.1, 0.15) is 0 Å². The highest BCUT2D eigenvalue weighted by molar-refractivity contribution is 7.89. The average molecular weight is 468 g/mol. The number of amides is 1. The van der Waals surface area contributed by atoms with Crippen LogP contribution in [0.25, 0.3) is 10.9 Å². The molecular weight excluding hydrogens is 438 g/mol. The van der Waals surface area contributed by atoms with Crippen molar-refractivity contribution in [3.05, 3.63) is 76.1 Å². The van der Waals surface area contributed by atoms with E-state index < -0.39 is 15.6 Å². The smallest absolute Gasteiger partial charge is 0.252 e. The first-order chi connectivity index (χ1) is 15.8. The lowest BCUT2D eigenvalue weighted by molar-refractivity contribution is 0.0940. The molecule has 33 heavy (non-hydrogen) atoms. The van der Waals surface area contributed by atoms with E-state index in [9.17, 15) is 18.0 Å². The predicted octanol–water partition coefficient (Wildman–Crippen LogP) is 3.45. The minimum absolute atomic E-state index is 0.118. The van der Waals surface area contributed by atoms with Gasteiger partial charge in [0.05, 0.1) is 10.5 Å². The first-order valence-electron chi connectivity index (χ1n) is 11.4. The number of hydrogen-bond acceptors (Lipinski definition) is 4. The summed E-state index contributed by atoms with van der Waals surface area (Å²) in [4.78, 5) is 28.1. The number of benzene rings is 2. The van der Waals surface area contributed by atoms with Crippen molar-refractivity contribution in [3.63, 3.8) is 0 Å². The van der Waals surface area contributed by atoms with E-state index >= 15 is 0 Å². The van der Waals surface area contributed by atoms with Crippen LogP contribution in [0.5, 0.6) is 0 Å². The van der Waals surface area contributed by atoms with Gasteiger partial charge >= 0.3 is 0 Å². The van der Waals surface area contributed by atoms with Crippen LogP contribution < -0.4 is 10.9 Å². The molecule has 1 fully saturated rings. The van der Waals surface area contributed by atoms with Crippen LogP contribution in [0.3, 0.4) is 0 Å². The average Bonchev–Trinajstić information content (AvgIpc) is 2.83. The van der Waals surface area contributed by atoms with Crippen LogP contribution >= 0.6 is 0 Å². The van der Waals surface area contributed by atoms with Crippen LogP contribution in [0.15, 0.2) is 64.3 Å². The molecule has 0 aliphatic carbocycles. The van der Waals surface area contributed by atoms with Gasteiger partial charge in [0, 0.05) is 36.1 Å². The third kappa shape index (κ3) is 5.34. The predicted molar refractivity (Wildman–Crippen MR) is 129 cm³/mol. The zero-order valence-corrected chi connectivity index (χ0v) is 19.5. The summed E-state index contributed by atoms with van der Waals surface area (Å²) < 4.78 is 27.8. The minimum Gasteiger partial charge on any atom is -0.350 e. The van der Waals surface area contributed by atoms with Crippen molar-refractivity contribution in [1.82, 2.24) is 14.6 Å². The number of carbonyl (C=O) groups is 1. The zero-order valence-electron chi connectivity index (χ0n) is 18.7. The number of hydrogen-bond donors (Lipinski definition) is 2. The maximum atomic E-state index is 13.1. The van der Waals surface area contributed by atoms with Gasteiger partial charge in [-0.1, -0.05) is 36.8 Å². The summed E-state index contributed by atoms with van der Waals surface area (Å²) in [5, 5.41) is 3.37. The largest absolute Gasteiger partial charge is 0.350 e. The van der Waals surface area contributed by atoms with E-state index in [2.05, 4.69) is 10.3 Å². The normalized spacial score (nSPS) is 15.9. The van der Waals surface area contributed by atoms with Crippen LogP contribution in [0.2, 0.25) is 0 Å². The number of H-pyrrole nitrogens is 1. The van der Waals surface area contributed by atoms with Crippen LogP contribution in [-0.2, 0) is 16.4 Å². The van der Waals surface area contributed by atoms with Gasteiger partial charge in [-0.3, -0.25) is 9.59 Å². The van der Waals surface area contributed by atoms with Crippen molar-refractivity contribution in [2.75, 3.05) is 13.1 Å². The summed E-state index contributed by atoms with van der Waals surface area (Å²) in [7, 11) is -3.66. The number of aryl methyl sites for hydroxylation is 1. The van der Waals surface area contributed by atoms with Gasteiger partial charge in [-0.05, 0) is 56.4 Å². The van der Waals surface area contributed by atoms with Crippen LogP contribution in [0.1, 0.15) is 48.5 Å². The molecule has 1 amide bonds. The van der Waals surface area contributed by atoms with Crippen molar-refractivity contribution in [1.29, 1.82) is 0 Å². The monoisotopic (exact) mass is 467 g/mol. The van der Waals surface area contributed by atoms with E-state index in [4.69, 9.17) is 0 Å². The molecule has 1 saturated heterocycles. The molecule has 3 aromatic rings. The Morgan fingerprint density at radius 2 is 1.79 bits per heavy atom. The van der Waals surface area contributed by atoms with Gasteiger partial charge in [0.2, 0.25) is 15.6 Å². The number of aromatic amines is 1. The minimum atomic E-state index is -3.66. The first-order valence-corrected chi connectivity index (χ1v) is 12.8. The second-order valence-electron chi connectivity index (χ2n) is 8.62. The molecule has 2 N–H and O–H groups in total. The molecule has 1 aliphatic rings. The van der Waals surface area contributed by atoms with E-state index in [0.717, 1.165) is 32.1 Å². The summed E-state index contributed by atoms with van der Waals surface area (Å²) >= 11 is 0. The molecular formula is C25H29N3O4S. The molecule has 1 aliphatic heterocycles. The van der Waals surface area contributed by atoms with Crippen LogP contribution in [0, 0.1) is 0 Å². The van der Waals surface area contributed by atoms with Crippen molar-refractivity contribution in [3.8, 4) is 0 Å². The number of piperidine rings is 1. The number of fused-ring (bicyclic) bond motifs is 1. The summed E-state index contributed by atoms with van der Waals surface area (Å²) in [6.45, 7) is 2.92. The third-order valence-electron chi connectivity index (χ3n) is 6.10. The van der Waals surface area contributed by atoms with Gasteiger partial charge in [-0.15, -0.1) is 0 Å². The highest BCUT2D eigenvalue weighted by Crippen LogP contribution is 2.25. The summed E-state index contributed by atoms with van der Waals surface area (Å²) in [5.41, 5.74) is 1.39. The molecule has 1 atom stereocenters. The Morgan fingerprint density at radius 1 is 1.06 bits per heavy atom. The highest BCUT2D eigenvalue weighted by atomic mass is 32.2. The van der Waals surface area contributed by atoms with Gasteiger partial charge in [0.15, 0.2) is 0 Å². The Morgan fingerprint density at radius 3 is 2.52 bits per heavy atom. The molecule has 174 valence electrons. The Hall–Kier alpha value is -2.97. The SMILES string of the molecule is C[C@H](CCc1ccccc1)NC(=O)c1cc(=O)[nH]c2ccc(S(=O)(=O)N3CCCCC3)cc12. The quantitative estimate of drug-likeness (QED) is 0.556. The van der Waals surface area contributed by atoms with Gasteiger partial charge in [-0.2, -0.15) is 4.31 Å². The van der Waals surface area contributed by atoms with Crippen molar-refractivity contribution in [2.24, 2.45) is 0 Å². The molecule has 0 saturated carbocycles. The fraction of sp³-hybridized carbons (Fsp3) is 0.360. The van der Waals surface area contributed by atoms with Crippen molar-refractivity contribution in [2.45, 2.75) is 50.0 Å². The van der Waals surface area contributed by atoms with Gasteiger partial charge < -0.3 is 10.3 Å². The fourth-order valence-electron chi connectivity index (χ4n) is 4.24. The summed E-state index contributed by atoms with van der Waals surface area (Å²) in [6, 6.07) is 15.7. The first kappa shape index (κ1) is 23.2. The Labute approximate surface area is 193 Å². The lowest BCUT2D eigenvalue weighted by Gasteiger charge is -2.26. The molecule has 7 nitrogen and oxygen atoms in total. The van der Waals surface area contributed by atoms with Crippen LogP contribution in [0.4, 0.5) is 0 Å². The lowest BCUT2D eigenvalue weighted by Crippen LogP contribution is -2.35. The number of nitrogens with zero attached hydrogens (tertiary/aromatic N) is 1. The number of aromatic nitrogens is 1. The third-order valence-corrected chi connectivity index (χ3v) is 7.99. The molecule has 0 unspecified atom stereocenters. The Balaban J connectivity index is 1.59. The summed E-state index contributed by atoms with van der Waals surface area (Å²) in [6.07, 6.45) is 4.27. The second-order valence-corrected chi connectivity index (χ2v) is 10.6. The van der Waals surface area contributed by atoms with E-state index in [1.54, 1.807) is 6.07 Å². The lowest BCUT2D eigenvalue weighted by atomic mass is 10.0. The second kappa shape index (κ2) is 9.89. The van der Waals surface area contributed by atoms with Crippen molar-refractivity contribution < 1.29 is 13.2 Å². The maximum Gasteiger partial charge on any atom is 0.252 e. The molecule has 2 aromatic carbocycles. The number of pyridine rings is 1. The number of carbonyl (C=O) groups excluding carboxylic acids is 1. The van der Waals surface area contributed by atoms with E-state index in [0.29, 0.717) is 24.0 Å². The van der Waals surface area contributed by atoms with Crippen molar-refractivity contribution >= 4 is 26.8 Å². The number of sulfonamides is 1. The Kier molecular flexibility index (Phi) is 6.95. The van der Waals surface area contributed by atoms with Gasteiger partial charge in [0.25, 0.3) is 5.91 Å². The number of rotatable bonds is 7. The molecule has 0 radical (unpaired) electrons. The molecule has 8 heteroatoms. The van der Waals surface area contributed by atoms with Gasteiger partial charge in [-0.25, -0.2) is 8.42 Å². The van der Waals surface area contributed by atoms with Crippen LogP contribution in [-0.4, -0.2) is 42.7 Å². The molecule has 0 bridgehead atoms. The van der Waals surface area contributed by atoms with E-state index in [1.807, 2.05) is 37.3 Å². The molecule has 2 heterocycles. The van der Waals surface area contributed by atoms with E-state index in [-0.39, 0.29) is 22.4 Å². The summed E-state index contributed by atoms with van der Waals surface area (Å²) in [5.74, 6) is -0.390. The fourth-order valence-corrected chi connectivity index (χ4v) is 5.78. The molecule has 1 aromatic heterocycles. The topological polar surface area (TPSA) is 99.3 Å².